The molecule has 0 atom stereocenters. The van der Waals surface area contributed by atoms with Crippen LogP contribution in [-0.2, 0) is 20.0 Å². The SMILES string of the molecule is CC.CS(=O)(=O)Nc1cccc(SSc2cccc(NS(C)(=O)=O)c2)c1. The first-order chi connectivity index (χ1) is 12.1. The molecule has 0 aliphatic rings. The van der Waals surface area contributed by atoms with Crippen LogP contribution in [0.4, 0.5) is 11.4 Å². The lowest BCUT2D eigenvalue weighted by Gasteiger charge is -2.08. The van der Waals surface area contributed by atoms with E-state index in [9.17, 15) is 16.8 Å². The zero-order valence-corrected chi connectivity index (χ0v) is 18.2. The zero-order chi connectivity index (χ0) is 19.8. The Balaban J connectivity index is 0.00000163. The highest BCUT2D eigenvalue weighted by molar-refractivity contribution is 8.76. The Labute approximate surface area is 163 Å². The molecule has 2 rings (SSSR count). The summed E-state index contributed by atoms with van der Waals surface area (Å²) in [5.74, 6) is 0. The van der Waals surface area contributed by atoms with Gasteiger partial charge in [0.05, 0.1) is 12.5 Å². The summed E-state index contributed by atoms with van der Waals surface area (Å²) in [6.45, 7) is 4.00. The monoisotopic (exact) mass is 434 g/mol. The van der Waals surface area contributed by atoms with Crippen LogP contribution in [0, 0.1) is 0 Å². The van der Waals surface area contributed by atoms with E-state index in [1.165, 1.54) is 21.6 Å². The van der Waals surface area contributed by atoms with Crippen molar-refractivity contribution in [2.75, 3.05) is 22.0 Å². The van der Waals surface area contributed by atoms with Gasteiger partial charge >= 0.3 is 0 Å². The van der Waals surface area contributed by atoms with Gasteiger partial charge in [0.1, 0.15) is 0 Å². The van der Waals surface area contributed by atoms with Gasteiger partial charge in [-0.05, 0) is 36.4 Å². The quantitative estimate of drug-likeness (QED) is 0.633. The molecule has 0 saturated carbocycles. The van der Waals surface area contributed by atoms with Gasteiger partial charge in [0.2, 0.25) is 20.0 Å². The van der Waals surface area contributed by atoms with Gasteiger partial charge in [-0.15, -0.1) is 0 Å². The molecule has 0 amide bonds. The molecule has 0 heterocycles. The van der Waals surface area contributed by atoms with Crippen LogP contribution in [0.3, 0.4) is 0 Å². The van der Waals surface area contributed by atoms with Gasteiger partial charge in [0.15, 0.2) is 0 Å². The Kier molecular flexibility index (Phi) is 8.81. The number of rotatable bonds is 7. The third kappa shape index (κ3) is 9.37. The van der Waals surface area contributed by atoms with Crippen molar-refractivity contribution in [3.8, 4) is 0 Å². The van der Waals surface area contributed by atoms with E-state index in [0.717, 1.165) is 22.3 Å². The first-order valence-corrected chi connectivity index (χ1v) is 13.5. The minimum Gasteiger partial charge on any atom is -0.284 e. The summed E-state index contributed by atoms with van der Waals surface area (Å²) in [5.41, 5.74) is 0.992. The molecule has 0 fully saturated rings. The minimum atomic E-state index is -3.32. The molecule has 0 bridgehead atoms. The standard InChI is InChI=1S/C14H16N2O4S4.C2H6/c1-23(17,18)15-11-5-3-7-13(9-11)21-22-14-8-4-6-12(10-14)16-24(2,19)20;1-2/h3-10,15-16H,1-2H3;1-2H3. The Hall–Kier alpha value is -1.36. The average Bonchev–Trinajstić information content (AvgIpc) is 2.52. The first-order valence-electron chi connectivity index (χ1n) is 7.61. The molecule has 10 heteroatoms. The van der Waals surface area contributed by atoms with E-state index < -0.39 is 20.0 Å². The molecule has 0 aliphatic heterocycles. The number of hydrogen-bond acceptors (Lipinski definition) is 6. The summed E-state index contributed by atoms with van der Waals surface area (Å²) in [6.07, 6.45) is 2.20. The molecule has 2 N–H and O–H groups in total. The fraction of sp³-hybridized carbons (Fsp3) is 0.250. The maximum absolute atomic E-state index is 11.3. The minimum absolute atomic E-state index is 0.496. The van der Waals surface area contributed by atoms with E-state index in [4.69, 9.17) is 0 Å². The van der Waals surface area contributed by atoms with Gasteiger partial charge in [-0.2, -0.15) is 0 Å². The largest absolute Gasteiger partial charge is 0.284 e. The lowest BCUT2D eigenvalue weighted by molar-refractivity contribution is 0.605. The molecule has 2 aromatic rings. The van der Waals surface area contributed by atoms with Crippen molar-refractivity contribution in [1.29, 1.82) is 0 Å². The highest BCUT2D eigenvalue weighted by Gasteiger charge is 2.05. The third-order valence-electron chi connectivity index (χ3n) is 2.51. The molecule has 26 heavy (non-hydrogen) atoms. The van der Waals surface area contributed by atoms with Gasteiger partial charge in [0.25, 0.3) is 0 Å². The number of anilines is 2. The van der Waals surface area contributed by atoms with Crippen LogP contribution in [0.2, 0.25) is 0 Å². The molecule has 0 unspecified atom stereocenters. The molecule has 0 spiro atoms. The Morgan fingerprint density at radius 2 is 1.04 bits per heavy atom. The van der Waals surface area contributed by atoms with Crippen LogP contribution in [0.5, 0.6) is 0 Å². The van der Waals surface area contributed by atoms with Crippen LogP contribution in [0.1, 0.15) is 13.8 Å². The summed E-state index contributed by atoms with van der Waals surface area (Å²) in [6, 6.07) is 14.1. The zero-order valence-electron chi connectivity index (χ0n) is 14.9. The molecule has 0 saturated heterocycles. The maximum atomic E-state index is 11.3. The molecular formula is C16H22N2O4S4. The van der Waals surface area contributed by atoms with Crippen molar-refractivity contribution >= 4 is 53.0 Å². The van der Waals surface area contributed by atoms with Gasteiger partial charge < -0.3 is 0 Å². The molecular weight excluding hydrogens is 412 g/mol. The van der Waals surface area contributed by atoms with Crippen LogP contribution >= 0.6 is 21.6 Å². The second kappa shape index (κ2) is 10.1. The van der Waals surface area contributed by atoms with Crippen LogP contribution < -0.4 is 9.44 Å². The predicted molar refractivity (Wildman–Crippen MR) is 113 cm³/mol. The van der Waals surface area contributed by atoms with Crippen molar-refractivity contribution in [3.63, 3.8) is 0 Å². The summed E-state index contributed by atoms with van der Waals surface area (Å²) in [7, 11) is -3.74. The molecule has 6 nitrogen and oxygen atoms in total. The van der Waals surface area contributed by atoms with E-state index >= 15 is 0 Å². The van der Waals surface area contributed by atoms with Gasteiger partial charge in [-0.1, -0.05) is 47.6 Å². The normalized spacial score (nSPS) is 11.2. The number of sulfonamides is 2. The smallest absolute Gasteiger partial charge is 0.229 e. The second-order valence-corrected chi connectivity index (χ2v) is 10.7. The fourth-order valence-electron chi connectivity index (χ4n) is 1.75. The molecule has 144 valence electrons. The molecule has 0 radical (unpaired) electrons. The number of nitrogens with one attached hydrogen (secondary N) is 2. The maximum Gasteiger partial charge on any atom is 0.229 e. The van der Waals surface area contributed by atoms with E-state index in [1.807, 2.05) is 26.0 Å². The van der Waals surface area contributed by atoms with Crippen molar-refractivity contribution < 1.29 is 16.8 Å². The van der Waals surface area contributed by atoms with Gasteiger partial charge in [0, 0.05) is 21.2 Å². The summed E-state index contributed by atoms with van der Waals surface area (Å²) >= 11 is 0. The Morgan fingerprint density at radius 1 is 0.692 bits per heavy atom. The van der Waals surface area contributed by atoms with E-state index in [-0.39, 0.29) is 0 Å². The summed E-state index contributed by atoms with van der Waals surface area (Å²) in [5, 5.41) is 0. The third-order valence-corrected chi connectivity index (χ3v) is 6.10. The summed E-state index contributed by atoms with van der Waals surface area (Å²) < 4.78 is 49.9. The van der Waals surface area contributed by atoms with Crippen molar-refractivity contribution in [2.24, 2.45) is 0 Å². The lowest BCUT2D eigenvalue weighted by atomic mass is 10.3. The molecule has 0 aliphatic carbocycles. The van der Waals surface area contributed by atoms with Crippen molar-refractivity contribution in [2.45, 2.75) is 23.6 Å². The number of hydrogen-bond donors (Lipinski definition) is 2. The molecule has 0 aromatic heterocycles. The fourth-order valence-corrected chi connectivity index (χ4v) is 4.87. The van der Waals surface area contributed by atoms with Crippen LogP contribution in [0.15, 0.2) is 58.3 Å². The lowest BCUT2D eigenvalue weighted by Crippen LogP contribution is -2.09. The van der Waals surface area contributed by atoms with E-state index in [0.29, 0.717) is 11.4 Å². The summed E-state index contributed by atoms with van der Waals surface area (Å²) in [4.78, 5) is 1.74. The Bertz CT molecular complexity index is 851. The highest BCUT2D eigenvalue weighted by atomic mass is 33.1. The van der Waals surface area contributed by atoms with Crippen LogP contribution in [0.25, 0.3) is 0 Å². The predicted octanol–water partition coefficient (Wildman–Crippen LogP) is 4.26. The Morgan fingerprint density at radius 3 is 1.35 bits per heavy atom. The van der Waals surface area contributed by atoms with Crippen molar-refractivity contribution in [3.05, 3.63) is 48.5 Å². The van der Waals surface area contributed by atoms with E-state index in [1.54, 1.807) is 36.4 Å². The first kappa shape index (κ1) is 22.7. The average molecular weight is 435 g/mol. The van der Waals surface area contributed by atoms with Crippen molar-refractivity contribution in [1.82, 2.24) is 0 Å². The van der Waals surface area contributed by atoms with Gasteiger partial charge in [-0.25, -0.2) is 16.8 Å². The highest BCUT2D eigenvalue weighted by Crippen LogP contribution is 2.39. The van der Waals surface area contributed by atoms with Crippen LogP contribution in [-0.4, -0.2) is 29.3 Å². The van der Waals surface area contributed by atoms with E-state index in [2.05, 4.69) is 9.44 Å². The molecule has 2 aromatic carbocycles. The topological polar surface area (TPSA) is 92.3 Å². The number of benzene rings is 2. The second-order valence-electron chi connectivity index (χ2n) is 4.97. The van der Waals surface area contributed by atoms with Gasteiger partial charge in [-0.3, -0.25) is 9.44 Å².